The van der Waals surface area contributed by atoms with E-state index in [2.05, 4.69) is 36.1 Å². The normalized spacial score (nSPS) is 41.1. The minimum Gasteiger partial charge on any atom is -0.343 e. The zero-order chi connectivity index (χ0) is 12.1. The highest BCUT2D eigenvalue weighted by molar-refractivity contribution is 5.25. The first-order valence-corrected chi connectivity index (χ1v) is 7.01. The van der Waals surface area contributed by atoms with Gasteiger partial charge in [-0.05, 0) is 19.3 Å². The molecule has 96 valence electrons. The smallest absolute Gasteiger partial charge is 0.163 e. The molecule has 4 aliphatic rings. The molecule has 3 aliphatic heterocycles. The summed E-state index contributed by atoms with van der Waals surface area (Å²) in [6.45, 7) is 2.24. The lowest BCUT2D eigenvalue weighted by molar-refractivity contribution is 0.148. The number of fused-ring (bicyclic) bond motifs is 2. The van der Waals surface area contributed by atoms with Gasteiger partial charge >= 0.3 is 0 Å². The summed E-state index contributed by atoms with van der Waals surface area (Å²) in [7, 11) is 0. The Hall–Kier alpha value is -1.06. The molecule has 18 heavy (non-hydrogen) atoms. The maximum atomic E-state index is 5.73. The topological polar surface area (TPSA) is 28.3 Å². The SMILES string of the molecule is CCC1=CCCC=C(N2C3OC3C=CC3OC32)C1. The molecule has 0 bridgehead atoms. The first kappa shape index (κ1) is 10.8. The summed E-state index contributed by atoms with van der Waals surface area (Å²) in [5, 5.41) is 0. The van der Waals surface area contributed by atoms with Crippen LogP contribution in [0.25, 0.3) is 0 Å². The first-order valence-electron chi connectivity index (χ1n) is 7.01. The van der Waals surface area contributed by atoms with Gasteiger partial charge in [-0.25, -0.2) is 0 Å². The van der Waals surface area contributed by atoms with Crippen LogP contribution in [0, 0.1) is 0 Å². The summed E-state index contributed by atoms with van der Waals surface area (Å²) in [4.78, 5) is 2.38. The van der Waals surface area contributed by atoms with Gasteiger partial charge < -0.3 is 14.4 Å². The summed E-state index contributed by atoms with van der Waals surface area (Å²) >= 11 is 0. The molecule has 0 aromatic carbocycles. The fraction of sp³-hybridized carbons (Fsp3) is 0.600. The summed E-state index contributed by atoms with van der Waals surface area (Å²) in [5.41, 5.74) is 2.95. The van der Waals surface area contributed by atoms with Crippen LogP contribution in [0.4, 0.5) is 0 Å². The molecule has 1 aliphatic carbocycles. The third kappa shape index (κ3) is 1.73. The Morgan fingerprint density at radius 3 is 2.44 bits per heavy atom. The Morgan fingerprint density at radius 2 is 1.78 bits per heavy atom. The molecule has 3 nitrogen and oxygen atoms in total. The molecular formula is C15H19NO2. The van der Waals surface area contributed by atoms with Gasteiger partial charge in [0.25, 0.3) is 0 Å². The monoisotopic (exact) mass is 245 g/mol. The number of nitrogens with zero attached hydrogens (tertiary/aromatic N) is 1. The van der Waals surface area contributed by atoms with Crippen LogP contribution in [-0.4, -0.2) is 29.6 Å². The van der Waals surface area contributed by atoms with E-state index in [1.807, 2.05) is 0 Å². The lowest BCUT2D eigenvalue weighted by Gasteiger charge is -2.24. The van der Waals surface area contributed by atoms with Crippen LogP contribution in [0.1, 0.15) is 32.6 Å². The van der Waals surface area contributed by atoms with Crippen molar-refractivity contribution < 1.29 is 9.47 Å². The Balaban J connectivity index is 1.59. The molecule has 0 radical (unpaired) electrons. The minimum absolute atomic E-state index is 0.223. The van der Waals surface area contributed by atoms with Gasteiger partial charge in [-0.1, -0.05) is 36.8 Å². The molecule has 3 heteroatoms. The number of ether oxygens (including phenoxy) is 2. The van der Waals surface area contributed by atoms with Gasteiger partial charge in [0.15, 0.2) is 12.5 Å². The molecule has 4 rings (SSSR count). The van der Waals surface area contributed by atoms with Crippen LogP contribution in [0.5, 0.6) is 0 Å². The number of hydrogen-bond acceptors (Lipinski definition) is 3. The van der Waals surface area contributed by atoms with Crippen molar-refractivity contribution in [3.63, 3.8) is 0 Å². The molecule has 0 aromatic heterocycles. The van der Waals surface area contributed by atoms with Gasteiger partial charge in [0.2, 0.25) is 0 Å². The van der Waals surface area contributed by atoms with E-state index >= 15 is 0 Å². The Morgan fingerprint density at radius 1 is 1.11 bits per heavy atom. The maximum Gasteiger partial charge on any atom is 0.163 e. The molecule has 2 saturated heterocycles. The van der Waals surface area contributed by atoms with Gasteiger partial charge in [0, 0.05) is 12.1 Å². The second kappa shape index (κ2) is 3.97. The highest BCUT2D eigenvalue weighted by atomic mass is 16.7. The number of hydrogen-bond donors (Lipinski definition) is 0. The van der Waals surface area contributed by atoms with Crippen LogP contribution >= 0.6 is 0 Å². The van der Waals surface area contributed by atoms with Crippen molar-refractivity contribution in [3.8, 4) is 0 Å². The maximum absolute atomic E-state index is 5.73. The summed E-state index contributed by atoms with van der Waals surface area (Å²) in [6.07, 6.45) is 14.6. The lowest BCUT2D eigenvalue weighted by atomic mass is 10.1. The van der Waals surface area contributed by atoms with Crippen LogP contribution in [0.15, 0.2) is 35.6 Å². The summed E-state index contributed by atoms with van der Waals surface area (Å²) in [6, 6.07) is 0. The Kier molecular flexibility index (Phi) is 2.39. The second-order valence-corrected chi connectivity index (χ2v) is 5.44. The fourth-order valence-electron chi connectivity index (χ4n) is 3.03. The summed E-state index contributed by atoms with van der Waals surface area (Å²) < 4.78 is 11.5. The predicted octanol–water partition coefficient (Wildman–Crippen LogP) is 2.71. The van der Waals surface area contributed by atoms with Gasteiger partial charge in [-0.15, -0.1) is 0 Å². The Labute approximate surface area is 108 Å². The molecule has 3 heterocycles. The molecule has 0 aromatic rings. The highest BCUT2D eigenvalue weighted by Gasteiger charge is 2.55. The quantitative estimate of drug-likeness (QED) is 0.553. The van der Waals surface area contributed by atoms with Crippen molar-refractivity contribution in [1.29, 1.82) is 0 Å². The van der Waals surface area contributed by atoms with E-state index < -0.39 is 0 Å². The molecule has 0 amide bonds. The van der Waals surface area contributed by atoms with Crippen LogP contribution in [0.3, 0.4) is 0 Å². The van der Waals surface area contributed by atoms with E-state index in [4.69, 9.17) is 9.47 Å². The molecule has 2 fully saturated rings. The fourth-order valence-corrected chi connectivity index (χ4v) is 3.03. The minimum atomic E-state index is 0.223. The average molecular weight is 245 g/mol. The Bertz CT molecular complexity index is 431. The lowest BCUT2D eigenvalue weighted by Crippen LogP contribution is -2.31. The van der Waals surface area contributed by atoms with Gasteiger partial charge in [0.05, 0.1) is 0 Å². The van der Waals surface area contributed by atoms with E-state index in [1.165, 1.54) is 12.1 Å². The van der Waals surface area contributed by atoms with E-state index in [-0.39, 0.29) is 12.5 Å². The largest absolute Gasteiger partial charge is 0.343 e. The molecule has 0 spiro atoms. The van der Waals surface area contributed by atoms with Crippen LogP contribution in [0.2, 0.25) is 0 Å². The zero-order valence-corrected chi connectivity index (χ0v) is 10.7. The zero-order valence-electron chi connectivity index (χ0n) is 10.7. The second-order valence-electron chi connectivity index (χ2n) is 5.44. The van der Waals surface area contributed by atoms with Gasteiger partial charge in [0.1, 0.15) is 12.2 Å². The van der Waals surface area contributed by atoms with Crippen molar-refractivity contribution in [2.45, 2.75) is 57.3 Å². The van der Waals surface area contributed by atoms with E-state index in [0.717, 1.165) is 19.3 Å². The predicted molar refractivity (Wildman–Crippen MR) is 68.6 cm³/mol. The molecule has 4 atom stereocenters. The van der Waals surface area contributed by atoms with Crippen LogP contribution in [-0.2, 0) is 9.47 Å². The third-order valence-corrected chi connectivity index (χ3v) is 4.21. The number of epoxide rings is 2. The van der Waals surface area contributed by atoms with E-state index in [0.29, 0.717) is 12.2 Å². The van der Waals surface area contributed by atoms with E-state index in [1.54, 1.807) is 5.57 Å². The van der Waals surface area contributed by atoms with Crippen molar-refractivity contribution in [2.24, 2.45) is 0 Å². The number of rotatable bonds is 2. The van der Waals surface area contributed by atoms with E-state index in [9.17, 15) is 0 Å². The third-order valence-electron chi connectivity index (χ3n) is 4.21. The van der Waals surface area contributed by atoms with Crippen molar-refractivity contribution in [2.75, 3.05) is 0 Å². The molecule has 0 saturated carbocycles. The highest BCUT2D eigenvalue weighted by Crippen LogP contribution is 2.44. The van der Waals surface area contributed by atoms with Gasteiger partial charge in [-0.3, -0.25) is 0 Å². The first-order chi connectivity index (χ1) is 8.86. The molecule has 0 N–H and O–H groups in total. The van der Waals surface area contributed by atoms with Crippen LogP contribution < -0.4 is 0 Å². The molecular weight excluding hydrogens is 226 g/mol. The van der Waals surface area contributed by atoms with Crippen molar-refractivity contribution in [3.05, 3.63) is 35.6 Å². The van der Waals surface area contributed by atoms with Gasteiger partial charge in [-0.2, -0.15) is 0 Å². The molecule has 4 unspecified atom stereocenters. The van der Waals surface area contributed by atoms with Crippen molar-refractivity contribution in [1.82, 2.24) is 4.90 Å². The standard InChI is InChI=1S/C15H19NO2/c1-2-10-5-3-4-6-11(9-10)16-14-12(17-14)7-8-13-15(16)18-13/h5-8,12-15H,2-4,9H2,1H3. The van der Waals surface area contributed by atoms with Crippen molar-refractivity contribution >= 4 is 0 Å². The number of allylic oxidation sites excluding steroid dienone is 3. The average Bonchev–Trinajstić information content (AvgIpc) is 3.23. The summed E-state index contributed by atoms with van der Waals surface area (Å²) in [5.74, 6) is 0.